The lowest BCUT2D eigenvalue weighted by atomic mass is 10.0. The summed E-state index contributed by atoms with van der Waals surface area (Å²) in [5, 5.41) is 5.10. The first-order valence-electron chi connectivity index (χ1n) is 5.40. The summed E-state index contributed by atoms with van der Waals surface area (Å²) < 4.78 is 1.71. The minimum absolute atomic E-state index is 1.23. The zero-order chi connectivity index (χ0) is 11.7. The van der Waals surface area contributed by atoms with Gasteiger partial charge in [0.05, 0.1) is 0 Å². The Morgan fingerprint density at radius 3 is 2.29 bits per heavy atom. The normalized spacial score (nSPS) is 10.8. The standard InChI is InChI=1S/C15H10S2/c16-10-17-15-7-3-6-13-8-11-4-1-2-5-12(11)9-14(13)15/h1-10H. The molecule has 0 saturated carbocycles. The van der Waals surface area contributed by atoms with E-state index in [0.29, 0.717) is 0 Å². The van der Waals surface area contributed by atoms with Crippen LogP contribution in [0.3, 0.4) is 0 Å². The number of benzene rings is 3. The van der Waals surface area contributed by atoms with Gasteiger partial charge in [-0.25, -0.2) is 0 Å². The highest BCUT2D eigenvalue weighted by Gasteiger charge is 2.02. The molecule has 82 valence electrons. The monoisotopic (exact) mass is 254 g/mol. The molecule has 3 aromatic carbocycles. The van der Waals surface area contributed by atoms with Crippen LogP contribution in [-0.2, 0) is 0 Å². The van der Waals surface area contributed by atoms with Crippen molar-refractivity contribution in [1.82, 2.24) is 0 Å². The second-order valence-electron chi connectivity index (χ2n) is 3.89. The SMILES string of the molecule is S=CSc1cccc2cc3ccccc3cc12. The zero-order valence-electron chi connectivity index (χ0n) is 9.09. The van der Waals surface area contributed by atoms with E-state index >= 15 is 0 Å². The molecule has 0 N–H and O–H groups in total. The van der Waals surface area contributed by atoms with Crippen molar-refractivity contribution in [2.24, 2.45) is 0 Å². The van der Waals surface area contributed by atoms with Crippen LogP contribution in [0.25, 0.3) is 21.5 Å². The molecule has 3 aromatic rings. The zero-order valence-corrected chi connectivity index (χ0v) is 10.7. The van der Waals surface area contributed by atoms with E-state index in [-0.39, 0.29) is 0 Å². The lowest BCUT2D eigenvalue weighted by molar-refractivity contribution is 1.57. The van der Waals surface area contributed by atoms with Gasteiger partial charge in [0.1, 0.15) is 0 Å². The first-order valence-corrected chi connectivity index (χ1v) is 6.75. The molecule has 0 aliphatic rings. The van der Waals surface area contributed by atoms with Crippen molar-refractivity contribution in [3.8, 4) is 0 Å². The van der Waals surface area contributed by atoms with Crippen LogP contribution in [0.4, 0.5) is 0 Å². The summed E-state index contributed by atoms with van der Waals surface area (Å²) in [6.07, 6.45) is 0. The summed E-state index contributed by atoms with van der Waals surface area (Å²) in [5.74, 6) is 0. The smallest absolute Gasteiger partial charge is 0.0391 e. The van der Waals surface area contributed by atoms with E-state index in [0.717, 1.165) is 0 Å². The molecule has 0 heterocycles. The van der Waals surface area contributed by atoms with Gasteiger partial charge in [0.25, 0.3) is 0 Å². The van der Waals surface area contributed by atoms with Crippen LogP contribution in [0.2, 0.25) is 0 Å². The van der Waals surface area contributed by atoms with E-state index in [1.165, 1.54) is 26.4 Å². The number of hydrogen-bond acceptors (Lipinski definition) is 2. The van der Waals surface area contributed by atoms with Gasteiger partial charge in [0.15, 0.2) is 0 Å². The molecule has 2 heteroatoms. The Labute approximate surface area is 110 Å². The van der Waals surface area contributed by atoms with Gasteiger partial charge in [-0.1, -0.05) is 60.4 Å². The maximum Gasteiger partial charge on any atom is 0.0391 e. The first-order chi connectivity index (χ1) is 8.38. The maximum atomic E-state index is 4.93. The van der Waals surface area contributed by atoms with Crippen LogP contribution < -0.4 is 0 Å². The number of hydrogen-bond donors (Lipinski definition) is 0. The predicted molar refractivity (Wildman–Crippen MR) is 81.0 cm³/mol. The van der Waals surface area contributed by atoms with Gasteiger partial charge in [-0.15, -0.1) is 0 Å². The first kappa shape index (κ1) is 10.8. The number of thiocarbonyl (C=S) groups is 1. The molecule has 0 aromatic heterocycles. The number of fused-ring (bicyclic) bond motifs is 2. The van der Waals surface area contributed by atoms with Crippen molar-refractivity contribution < 1.29 is 0 Å². The minimum atomic E-state index is 1.23. The van der Waals surface area contributed by atoms with Crippen LogP contribution in [0.15, 0.2) is 59.5 Å². The molecule has 0 unspecified atom stereocenters. The predicted octanol–water partition coefficient (Wildman–Crippen LogP) is 5.04. The van der Waals surface area contributed by atoms with Crippen molar-refractivity contribution in [2.45, 2.75) is 4.90 Å². The molecule has 3 rings (SSSR count). The largest absolute Gasteiger partial charge is 0.0857 e. The Kier molecular flexibility index (Phi) is 2.83. The van der Waals surface area contributed by atoms with E-state index in [1.54, 1.807) is 16.5 Å². The van der Waals surface area contributed by atoms with Gasteiger partial charge in [0, 0.05) is 9.59 Å². The van der Waals surface area contributed by atoms with Crippen molar-refractivity contribution in [2.75, 3.05) is 0 Å². The minimum Gasteiger partial charge on any atom is -0.0857 e. The van der Waals surface area contributed by atoms with Gasteiger partial charge >= 0.3 is 0 Å². The highest BCUT2D eigenvalue weighted by molar-refractivity contribution is 8.20. The average Bonchev–Trinajstić information content (AvgIpc) is 2.37. The molecule has 0 radical (unpaired) electrons. The molecule has 0 spiro atoms. The molecule has 0 fully saturated rings. The Bertz CT molecular complexity index is 701. The topological polar surface area (TPSA) is 0 Å². The molecule has 0 aliphatic heterocycles. The fourth-order valence-electron chi connectivity index (χ4n) is 2.09. The Morgan fingerprint density at radius 1 is 0.824 bits per heavy atom. The van der Waals surface area contributed by atoms with Crippen LogP contribution in [0.1, 0.15) is 0 Å². The van der Waals surface area contributed by atoms with Gasteiger partial charge in [-0.05, 0) is 39.7 Å². The molecular formula is C15H10S2. The van der Waals surface area contributed by atoms with E-state index in [2.05, 4.69) is 54.6 Å². The summed E-state index contributed by atoms with van der Waals surface area (Å²) in [6.45, 7) is 0. The summed E-state index contributed by atoms with van der Waals surface area (Å²) in [4.78, 5) is 1.23. The molecule has 0 nitrogen and oxygen atoms in total. The second-order valence-corrected chi connectivity index (χ2v) is 5.34. The van der Waals surface area contributed by atoms with E-state index < -0.39 is 0 Å². The summed E-state index contributed by atoms with van der Waals surface area (Å²) >= 11 is 6.53. The van der Waals surface area contributed by atoms with Crippen molar-refractivity contribution in [1.29, 1.82) is 0 Å². The molecule has 17 heavy (non-hydrogen) atoms. The molecular weight excluding hydrogens is 244 g/mol. The van der Waals surface area contributed by atoms with Crippen LogP contribution >= 0.6 is 24.0 Å². The van der Waals surface area contributed by atoms with Crippen molar-refractivity contribution in [3.63, 3.8) is 0 Å². The fourth-order valence-corrected chi connectivity index (χ4v) is 2.97. The molecule has 0 atom stereocenters. The highest BCUT2D eigenvalue weighted by Crippen LogP contribution is 2.30. The summed E-state index contributed by atoms with van der Waals surface area (Å²) in [5.41, 5.74) is 0. The molecule has 0 bridgehead atoms. The third kappa shape index (κ3) is 1.94. The third-order valence-corrected chi connectivity index (χ3v) is 3.88. The highest BCUT2D eigenvalue weighted by atomic mass is 32.2. The van der Waals surface area contributed by atoms with Crippen LogP contribution in [0, 0.1) is 0 Å². The third-order valence-electron chi connectivity index (χ3n) is 2.88. The number of thioether (sulfide) groups is 1. The van der Waals surface area contributed by atoms with E-state index in [1.807, 2.05) is 0 Å². The fraction of sp³-hybridized carbons (Fsp3) is 0. The molecule has 0 aliphatic carbocycles. The summed E-state index contributed by atoms with van der Waals surface area (Å²) in [7, 11) is 0. The van der Waals surface area contributed by atoms with Crippen LogP contribution in [-0.4, -0.2) is 4.70 Å². The lowest BCUT2D eigenvalue weighted by Crippen LogP contribution is -1.79. The lowest BCUT2D eigenvalue weighted by Gasteiger charge is -2.05. The Hall–Kier alpha value is -1.38. The summed E-state index contributed by atoms with van der Waals surface area (Å²) in [6, 6.07) is 19.3. The van der Waals surface area contributed by atoms with Crippen molar-refractivity contribution >= 4 is 50.2 Å². The Morgan fingerprint density at radius 2 is 1.53 bits per heavy atom. The van der Waals surface area contributed by atoms with E-state index in [4.69, 9.17) is 12.2 Å². The molecule has 0 saturated heterocycles. The van der Waals surface area contributed by atoms with Crippen molar-refractivity contribution in [3.05, 3.63) is 54.6 Å². The maximum absolute atomic E-state index is 4.93. The molecule has 0 amide bonds. The van der Waals surface area contributed by atoms with Gasteiger partial charge in [-0.3, -0.25) is 0 Å². The number of rotatable bonds is 2. The van der Waals surface area contributed by atoms with Gasteiger partial charge in [-0.2, -0.15) is 0 Å². The Balaban J connectivity index is 2.39. The van der Waals surface area contributed by atoms with Gasteiger partial charge < -0.3 is 0 Å². The second kappa shape index (κ2) is 4.47. The quantitative estimate of drug-likeness (QED) is 0.357. The van der Waals surface area contributed by atoms with E-state index in [9.17, 15) is 0 Å². The average molecular weight is 254 g/mol. The van der Waals surface area contributed by atoms with Crippen LogP contribution in [0.5, 0.6) is 0 Å². The van der Waals surface area contributed by atoms with Gasteiger partial charge in [0.2, 0.25) is 0 Å².